The van der Waals surface area contributed by atoms with Gasteiger partial charge in [0.15, 0.2) is 5.78 Å². The standard InChI is InChI=1S/C17H15N3O2/c1-12-3-7-14(8-4-12)17(21)16(19-20-18)11-13-5-9-15(22-2)10-6-13/h3-11H,1-2H3/b16-11-. The van der Waals surface area contributed by atoms with Gasteiger partial charge in [0, 0.05) is 10.5 Å². The molecule has 0 amide bonds. The van der Waals surface area contributed by atoms with Crippen LogP contribution < -0.4 is 4.74 Å². The molecule has 0 saturated carbocycles. The van der Waals surface area contributed by atoms with E-state index in [0.29, 0.717) is 11.3 Å². The highest BCUT2D eigenvalue weighted by Gasteiger charge is 2.10. The second kappa shape index (κ2) is 7.11. The second-order valence-corrected chi connectivity index (χ2v) is 4.69. The Morgan fingerprint density at radius 1 is 1.14 bits per heavy atom. The number of ether oxygens (including phenoxy) is 1. The Labute approximate surface area is 128 Å². The number of Topliss-reactive ketones (excluding diaryl/α,β-unsaturated/α-hetero) is 1. The van der Waals surface area contributed by atoms with Gasteiger partial charge in [-0.2, -0.15) is 0 Å². The van der Waals surface area contributed by atoms with Crippen molar-refractivity contribution < 1.29 is 9.53 Å². The first-order valence-electron chi connectivity index (χ1n) is 6.66. The van der Waals surface area contributed by atoms with Crippen LogP contribution in [0.5, 0.6) is 5.75 Å². The van der Waals surface area contributed by atoms with Gasteiger partial charge in [0.2, 0.25) is 0 Å². The maximum Gasteiger partial charge on any atom is 0.195 e. The SMILES string of the molecule is COc1ccc(/C=C(\N=[N+]=[N-])C(=O)c2ccc(C)cc2)cc1. The van der Waals surface area contributed by atoms with Crippen LogP contribution >= 0.6 is 0 Å². The third-order valence-electron chi connectivity index (χ3n) is 3.12. The lowest BCUT2D eigenvalue weighted by Gasteiger charge is -2.03. The summed E-state index contributed by atoms with van der Waals surface area (Å²) < 4.78 is 5.08. The minimum Gasteiger partial charge on any atom is -0.497 e. The topological polar surface area (TPSA) is 75.1 Å². The fraction of sp³-hybridized carbons (Fsp3) is 0.118. The van der Waals surface area contributed by atoms with Crippen LogP contribution in [0.1, 0.15) is 21.5 Å². The van der Waals surface area contributed by atoms with Crippen LogP contribution in [0, 0.1) is 6.92 Å². The molecule has 0 N–H and O–H groups in total. The number of allylic oxidation sites excluding steroid dienone is 1. The van der Waals surface area contributed by atoms with Gasteiger partial charge in [0.05, 0.1) is 12.8 Å². The summed E-state index contributed by atoms with van der Waals surface area (Å²) in [6.07, 6.45) is 1.56. The lowest BCUT2D eigenvalue weighted by molar-refractivity contribution is 0.103. The van der Waals surface area contributed by atoms with E-state index >= 15 is 0 Å². The number of aryl methyl sites for hydroxylation is 1. The summed E-state index contributed by atoms with van der Waals surface area (Å²) in [4.78, 5) is 15.2. The van der Waals surface area contributed by atoms with Crippen molar-refractivity contribution in [3.05, 3.63) is 81.4 Å². The van der Waals surface area contributed by atoms with E-state index in [4.69, 9.17) is 10.3 Å². The fourth-order valence-corrected chi connectivity index (χ4v) is 1.90. The van der Waals surface area contributed by atoms with Gasteiger partial charge < -0.3 is 4.74 Å². The molecule has 0 fully saturated rings. The first-order valence-corrected chi connectivity index (χ1v) is 6.66. The number of rotatable bonds is 5. The van der Waals surface area contributed by atoms with Gasteiger partial charge in [-0.1, -0.05) is 47.1 Å². The summed E-state index contributed by atoms with van der Waals surface area (Å²) in [7, 11) is 1.58. The lowest BCUT2D eigenvalue weighted by atomic mass is 10.0. The smallest absolute Gasteiger partial charge is 0.195 e. The zero-order valence-electron chi connectivity index (χ0n) is 12.4. The molecule has 0 aliphatic heterocycles. The van der Waals surface area contributed by atoms with E-state index in [1.54, 1.807) is 49.6 Å². The van der Waals surface area contributed by atoms with E-state index in [1.807, 2.05) is 19.1 Å². The number of carbonyl (C=O) groups is 1. The van der Waals surface area contributed by atoms with Crippen molar-refractivity contribution in [2.75, 3.05) is 7.11 Å². The predicted molar refractivity (Wildman–Crippen MR) is 85.6 cm³/mol. The summed E-state index contributed by atoms with van der Waals surface area (Å²) >= 11 is 0. The summed E-state index contributed by atoms with van der Waals surface area (Å²) in [5, 5.41) is 3.52. The van der Waals surface area contributed by atoms with Crippen LogP contribution in [-0.4, -0.2) is 12.9 Å². The number of azide groups is 1. The Morgan fingerprint density at radius 2 is 1.77 bits per heavy atom. The van der Waals surface area contributed by atoms with Crippen LogP contribution in [-0.2, 0) is 0 Å². The van der Waals surface area contributed by atoms with Gasteiger partial charge in [0.25, 0.3) is 0 Å². The van der Waals surface area contributed by atoms with Crippen molar-refractivity contribution in [2.45, 2.75) is 6.92 Å². The molecular formula is C17H15N3O2. The van der Waals surface area contributed by atoms with Crippen LogP contribution in [0.3, 0.4) is 0 Å². The monoisotopic (exact) mass is 293 g/mol. The predicted octanol–water partition coefficient (Wildman–Crippen LogP) is 4.54. The molecule has 2 aromatic carbocycles. The van der Waals surface area contributed by atoms with Gasteiger partial charge in [-0.25, -0.2) is 0 Å². The average Bonchev–Trinajstić information content (AvgIpc) is 2.55. The lowest BCUT2D eigenvalue weighted by Crippen LogP contribution is -2.01. The third-order valence-corrected chi connectivity index (χ3v) is 3.12. The maximum atomic E-state index is 12.4. The molecule has 0 atom stereocenters. The summed E-state index contributed by atoms with van der Waals surface area (Å²) in [6, 6.07) is 14.2. The number of carbonyl (C=O) groups excluding carboxylic acids is 1. The number of hydrogen-bond donors (Lipinski definition) is 0. The molecule has 5 nitrogen and oxygen atoms in total. The highest BCUT2D eigenvalue weighted by molar-refractivity contribution is 6.11. The first-order chi connectivity index (χ1) is 10.6. The molecule has 2 rings (SSSR count). The zero-order chi connectivity index (χ0) is 15.9. The van der Waals surface area contributed by atoms with Gasteiger partial charge >= 0.3 is 0 Å². The Morgan fingerprint density at radius 3 is 2.32 bits per heavy atom. The van der Waals surface area contributed by atoms with Gasteiger partial charge in [-0.05, 0) is 36.2 Å². The molecule has 110 valence electrons. The minimum absolute atomic E-state index is 0.0523. The minimum atomic E-state index is -0.311. The van der Waals surface area contributed by atoms with E-state index in [2.05, 4.69) is 10.0 Å². The maximum absolute atomic E-state index is 12.4. The average molecular weight is 293 g/mol. The van der Waals surface area contributed by atoms with Crippen molar-refractivity contribution in [2.24, 2.45) is 5.11 Å². The van der Waals surface area contributed by atoms with Gasteiger partial charge in [-0.15, -0.1) is 0 Å². The molecule has 0 aliphatic carbocycles. The van der Waals surface area contributed by atoms with Crippen LogP contribution in [0.4, 0.5) is 0 Å². The molecule has 0 radical (unpaired) electrons. The van der Waals surface area contributed by atoms with Crippen molar-refractivity contribution >= 4 is 11.9 Å². The fourth-order valence-electron chi connectivity index (χ4n) is 1.90. The van der Waals surface area contributed by atoms with E-state index in [1.165, 1.54) is 0 Å². The molecule has 0 unspecified atom stereocenters. The van der Waals surface area contributed by atoms with Gasteiger partial charge in [-0.3, -0.25) is 4.79 Å². The molecule has 0 heterocycles. The van der Waals surface area contributed by atoms with Crippen molar-refractivity contribution in [1.29, 1.82) is 0 Å². The first kappa shape index (κ1) is 15.4. The number of benzene rings is 2. The van der Waals surface area contributed by atoms with Crippen molar-refractivity contribution in [1.82, 2.24) is 0 Å². The van der Waals surface area contributed by atoms with Crippen LogP contribution in [0.25, 0.3) is 16.5 Å². The van der Waals surface area contributed by atoms with Crippen molar-refractivity contribution in [3.8, 4) is 5.75 Å². The van der Waals surface area contributed by atoms with Crippen molar-refractivity contribution in [3.63, 3.8) is 0 Å². The quantitative estimate of drug-likeness (QED) is 0.267. The Bertz CT molecular complexity index is 740. The van der Waals surface area contributed by atoms with E-state index in [9.17, 15) is 4.79 Å². The number of methoxy groups -OCH3 is 1. The summed E-state index contributed by atoms with van der Waals surface area (Å²) in [5.41, 5.74) is 11.0. The molecule has 2 aromatic rings. The Hall–Kier alpha value is -3.04. The molecule has 22 heavy (non-hydrogen) atoms. The van der Waals surface area contributed by atoms with E-state index in [-0.39, 0.29) is 11.5 Å². The highest BCUT2D eigenvalue weighted by Crippen LogP contribution is 2.17. The largest absolute Gasteiger partial charge is 0.497 e. The molecule has 0 spiro atoms. The number of nitrogens with zero attached hydrogens (tertiary/aromatic N) is 3. The molecular weight excluding hydrogens is 278 g/mol. The molecule has 0 aliphatic rings. The highest BCUT2D eigenvalue weighted by atomic mass is 16.5. The Kier molecular flexibility index (Phi) is 4.96. The zero-order valence-corrected chi connectivity index (χ0v) is 12.4. The van der Waals surface area contributed by atoms with E-state index < -0.39 is 0 Å². The van der Waals surface area contributed by atoms with Crippen LogP contribution in [0.15, 0.2) is 59.3 Å². The second-order valence-electron chi connectivity index (χ2n) is 4.69. The normalized spacial score (nSPS) is 10.7. The molecule has 5 heteroatoms. The summed E-state index contributed by atoms with van der Waals surface area (Å²) in [5.74, 6) is 0.404. The Balaban J connectivity index is 2.35. The molecule has 0 saturated heterocycles. The summed E-state index contributed by atoms with van der Waals surface area (Å²) in [6.45, 7) is 1.94. The molecule has 0 aromatic heterocycles. The van der Waals surface area contributed by atoms with Gasteiger partial charge in [0.1, 0.15) is 5.75 Å². The third kappa shape index (κ3) is 3.75. The van der Waals surface area contributed by atoms with E-state index in [0.717, 1.165) is 11.1 Å². The molecule has 0 bridgehead atoms. The van der Waals surface area contributed by atoms with Crippen LogP contribution in [0.2, 0.25) is 0 Å². The number of ketones is 1. The number of hydrogen-bond acceptors (Lipinski definition) is 3.